The molecule has 0 atom stereocenters. The summed E-state index contributed by atoms with van der Waals surface area (Å²) in [6, 6.07) is 13.0. The van der Waals surface area contributed by atoms with Crippen molar-refractivity contribution in [2.75, 3.05) is 5.73 Å². The van der Waals surface area contributed by atoms with E-state index in [1.54, 1.807) is 30.3 Å². The molecule has 3 nitrogen and oxygen atoms in total. The van der Waals surface area contributed by atoms with E-state index in [1.807, 2.05) is 6.07 Å². The molecule has 2 rings (SSSR count). The largest absolute Gasteiger partial charge is 0.489 e. The molecule has 0 radical (unpaired) electrons. The Morgan fingerprint density at radius 3 is 2.56 bits per heavy atom. The minimum absolute atomic E-state index is 0.205. The molecule has 0 fully saturated rings. The zero-order valence-corrected chi connectivity index (χ0v) is 9.56. The quantitative estimate of drug-likeness (QED) is 0.842. The predicted octanol–water partition coefficient (Wildman–Crippen LogP) is 2.86. The fraction of sp³-hybridized carbons (Fsp3) is 0.0714. The smallest absolute Gasteiger partial charge is 0.124 e. The van der Waals surface area contributed by atoms with E-state index in [2.05, 4.69) is 0 Å². The Labute approximate surface area is 104 Å². The summed E-state index contributed by atoms with van der Waals surface area (Å²) in [4.78, 5) is 0. The van der Waals surface area contributed by atoms with Crippen LogP contribution < -0.4 is 10.5 Å². The number of rotatable bonds is 3. The molecular formula is C14H11FN2O. The average molecular weight is 242 g/mol. The summed E-state index contributed by atoms with van der Waals surface area (Å²) in [7, 11) is 0. The molecule has 0 unspecified atom stereocenters. The molecule has 0 bridgehead atoms. The number of nitrogen functional groups attached to an aromatic ring is 1. The summed E-state index contributed by atoms with van der Waals surface area (Å²) in [5, 5.41) is 8.73. The van der Waals surface area contributed by atoms with Gasteiger partial charge in [0.15, 0.2) is 0 Å². The van der Waals surface area contributed by atoms with E-state index in [1.165, 1.54) is 12.1 Å². The Morgan fingerprint density at radius 1 is 1.17 bits per heavy atom. The number of nitriles is 1. The maximum Gasteiger partial charge on any atom is 0.124 e. The van der Waals surface area contributed by atoms with E-state index in [9.17, 15) is 4.39 Å². The summed E-state index contributed by atoms with van der Waals surface area (Å²) < 4.78 is 18.6. The number of anilines is 1. The normalized spacial score (nSPS) is 9.78. The van der Waals surface area contributed by atoms with Crippen LogP contribution in [-0.4, -0.2) is 0 Å². The van der Waals surface area contributed by atoms with Gasteiger partial charge in [-0.25, -0.2) is 4.39 Å². The van der Waals surface area contributed by atoms with Gasteiger partial charge in [0.25, 0.3) is 0 Å². The van der Waals surface area contributed by atoms with Crippen LogP contribution in [0.2, 0.25) is 0 Å². The second-order valence-corrected chi connectivity index (χ2v) is 3.82. The molecule has 0 aromatic heterocycles. The number of ether oxygens (including phenoxy) is 1. The van der Waals surface area contributed by atoms with E-state index < -0.39 is 5.82 Å². The van der Waals surface area contributed by atoms with Crippen LogP contribution in [0.5, 0.6) is 5.75 Å². The zero-order valence-electron chi connectivity index (χ0n) is 9.56. The number of nitrogens with two attached hydrogens (primary N) is 1. The van der Waals surface area contributed by atoms with Gasteiger partial charge in [-0.2, -0.15) is 5.26 Å². The maximum absolute atomic E-state index is 13.2. The van der Waals surface area contributed by atoms with Crippen molar-refractivity contribution in [2.45, 2.75) is 6.61 Å². The van der Waals surface area contributed by atoms with E-state index in [0.29, 0.717) is 17.0 Å². The summed E-state index contributed by atoms with van der Waals surface area (Å²) in [6.45, 7) is 0.205. The van der Waals surface area contributed by atoms with Crippen LogP contribution >= 0.6 is 0 Å². The van der Waals surface area contributed by atoms with Crippen LogP contribution in [0.3, 0.4) is 0 Å². The lowest BCUT2D eigenvalue weighted by molar-refractivity contribution is 0.305. The SMILES string of the molecule is N#Cc1cc(F)cc(COc2ccc(N)cc2)c1. The highest BCUT2D eigenvalue weighted by Gasteiger charge is 2.01. The first-order chi connectivity index (χ1) is 8.67. The van der Waals surface area contributed by atoms with Gasteiger partial charge in [0.05, 0.1) is 11.6 Å². The van der Waals surface area contributed by atoms with Crippen molar-refractivity contribution < 1.29 is 9.13 Å². The van der Waals surface area contributed by atoms with Gasteiger partial charge in [-0.1, -0.05) is 0 Å². The molecule has 18 heavy (non-hydrogen) atoms. The lowest BCUT2D eigenvalue weighted by Crippen LogP contribution is -1.97. The molecule has 0 spiro atoms. The van der Waals surface area contributed by atoms with Crippen LogP contribution in [0.4, 0.5) is 10.1 Å². The van der Waals surface area contributed by atoms with E-state index in [-0.39, 0.29) is 12.2 Å². The summed E-state index contributed by atoms with van der Waals surface area (Å²) in [5.41, 5.74) is 7.10. The number of halogens is 1. The first-order valence-electron chi connectivity index (χ1n) is 5.35. The summed E-state index contributed by atoms with van der Waals surface area (Å²) >= 11 is 0. The monoisotopic (exact) mass is 242 g/mol. The Balaban J connectivity index is 2.08. The van der Waals surface area contributed by atoms with Gasteiger partial charge in [0, 0.05) is 5.69 Å². The molecule has 2 aromatic carbocycles. The molecule has 0 aliphatic carbocycles. The number of nitrogens with zero attached hydrogens (tertiary/aromatic N) is 1. The Kier molecular flexibility index (Phi) is 3.44. The predicted molar refractivity (Wildman–Crippen MR) is 66.3 cm³/mol. The van der Waals surface area contributed by atoms with Gasteiger partial charge in [-0.3, -0.25) is 0 Å². The first kappa shape index (κ1) is 11.9. The van der Waals surface area contributed by atoms with E-state index in [4.69, 9.17) is 15.7 Å². The van der Waals surface area contributed by atoms with Crippen molar-refractivity contribution in [3.05, 3.63) is 59.4 Å². The Hall–Kier alpha value is -2.54. The van der Waals surface area contributed by atoms with E-state index >= 15 is 0 Å². The van der Waals surface area contributed by atoms with Gasteiger partial charge >= 0.3 is 0 Å². The van der Waals surface area contributed by atoms with Gasteiger partial charge in [0.1, 0.15) is 18.2 Å². The van der Waals surface area contributed by atoms with E-state index in [0.717, 1.165) is 0 Å². The van der Waals surface area contributed by atoms with Crippen LogP contribution in [0.15, 0.2) is 42.5 Å². The molecule has 90 valence electrons. The number of hydrogen-bond donors (Lipinski definition) is 1. The van der Waals surface area contributed by atoms with Gasteiger partial charge < -0.3 is 10.5 Å². The number of benzene rings is 2. The van der Waals surface area contributed by atoms with Crippen molar-refractivity contribution in [1.82, 2.24) is 0 Å². The molecule has 0 amide bonds. The van der Waals surface area contributed by atoms with Crippen LogP contribution in [-0.2, 0) is 6.61 Å². The molecule has 0 saturated heterocycles. The molecular weight excluding hydrogens is 231 g/mol. The first-order valence-corrected chi connectivity index (χ1v) is 5.35. The highest BCUT2D eigenvalue weighted by atomic mass is 19.1. The van der Waals surface area contributed by atoms with Gasteiger partial charge in [0.2, 0.25) is 0 Å². The minimum Gasteiger partial charge on any atom is -0.489 e. The van der Waals surface area contributed by atoms with Crippen molar-refractivity contribution in [1.29, 1.82) is 5.26 Å². The standard InChI is InChI=1S/C14H11FN2O/c15-12-6-10(8-16)5-11(7-12)9-18-14-3-1-13(17)2-4-14/h1-7H,9,17H2. The highest BCUT2D eigenvalue weighted by molar-refractivity contribution is 5.41. The Bertz CT molecular complexity index is 588. The van der Waals surface area contributed by atoms with Crippen LogP contribution in [0.1, 0.15) is 11.1 Å². The van der Waals surface area contributed by atoms with Crippen molar-refractivity contribution >= 4 is 5.69 Å². The lowest BCUT2D eigenvalue weighted by atomic mass is 10.1. The minimum atomic E-state index is -0.440. The second-order valence-electron chi connectivity index (χ2n) is 3.82. The third-order valence-electron chi connectivity index (χ3n) is 2.37. The molecule has 0 saturated carbocycles. The summed E-state index contributed by atoms with van der Waals surface area (Å²) in [6.07, 6.45) is 0. The van der Waals surface area contributed by atoms with Crippen LogP contribution in [0.25, 0.3) is 0 Å². The fourth-order valence-corrected chi connectivity index (χ4v) is 1.53. The summed E-state index contributed by atoms with van der Waals surface area (Å²) in [5.74, 6) is 0.205. The third kappa shape index (κ3) is 2.98. The number of hydrogen-bond acceptors (Lipinski definition) is 3. The van der Waals surface area contributed by atoms with Gasteiger partial charge in [-0.15, -0.1) is 0 Å². The van der Waals surface area contributed by atoms with Crippen molar-refractivity contribution in [3.63, 3.8) is 0 Å². The average Bonchev–Trinajstić information content (AvgIpc) is 2.37. The maximum atomic E-state index is 13.2. The lowest BCUT2D eigenvalue weighted by Gasteiger charge is -2.07. The highest BCUT2D eigenvalue weighted by Crippen LogP contribution is 2.16. The molecule has 0 aliphatic rings. The third-order valence-corrected chi connectivity index (χ3v) is 2.37. The fourth-order valence-electron chi connectivity index (χ4n) is 1.53. The molecule has 0 aliphatic heterocycles. The Morgan fingerprint density at radius 2 is 1.89 bits per heavy atom. The van der Waals surface area contributed by atoms with Crippen LogP contribution in [0, 0.1) is 17.1 Å². The topological polar surface area (TPSA) is 59.0 Å². The molecule has 0 heterocycles. The molecule has 2 aromatic rings. The zero-order chi connectivity index (χ0) is 13.0. The van der Waals surface area contributed by atoms with Crippen molar-refractivity contribution in [2.24, 2.45) is 0 Å². The van der Waals surface area contributed by atoms with Gasteiger partial charge in [-0.05, 0) is 48.0 Å². The van der Waals surface area contributed by atoms with Crippen molar-refractivity contribution in [3.8, 4) is 11.8 Å². The second kappa shape index (κ2) is 5.19. The molecule has 4 heteroatoms. The molecule has 2 N–H and O–H groups in total.